The van der Waals surface area contributed by atoms with E-state index in [0.717, 1.165) is 5.56 Å². The van der Waals surface area contributed by atoms with Gasteiger partial charge >= 0.3 is 0 Å². The summed E-state index contributed by atoms with van der Waals surface area (Å²) in [6.45, 7) is 1.90. The van der Waals surface area contributed by atoms with Gasteiger partial charge in [-0.1, -0.05) is 6.07 Å². The van der Waals surface area contributed by atoms with Crippen LogP contribution >= 0.6 is 15.9 Å². The first-order valence-corrected chi connectivity index (χ1v) is 5.50. The van der Waals surface area contributed by atoms with Crippen molar-refractivity contribution in [3.8, 4) is 11.6 Å². The highest BCUT2D eigenvalue weighted by Gasteiger charge is 2.04. The Morgan fingerprint density at radius 3 is 2.81 bits per heavy atom. The summed E-state index contributed by atoms with van der Waals surface area (Å²) >= 11 is 3.10. The van der Waals surface area contributed by atoms with Crippen LogP contribution in [0.4, 0.5) is 4.39 Å². The number of nitrogens with zero attached hydrogens (tertiary/aromatic N) is 1. The van der Waals surface area contributed by atoms with E-state index in [1.807, 2.05) is 19.1 Å². The van der Waals surface area contributed by atoms with Gasteiger partial charge < -0.3 is 4.74 Å². The quantitative estimate of drug-likeness (QED) is 0.827. The van der Waals surface area contributed by atoms with Crippen LogP contribution in [0.2, 0.25) is 0 Å². The lowest BCUT2D eigenvalue weighted by Gasteiger charge is -2.07. The summed E-state index contributed by atoms with van der Waals surface area (Å²) in [5.41, 5.74) is 0.933. The maximum Gasteiger partial charge on any atom is 0.222 e. The number of rotatable bonds is 2. The Bertz CT molecular complexity index is 516. The van der Waals surface area contributed by atoms with Gasteiger partial charge in [-0.3, -0.25) is 0 Å². The van der Waals surface area contributed by atoms with Crippen molar-refractivity contribution in [3.63, 3.8) is 0 Å². The minimum atomic E-state index is -0.315. The SMILES string of the molecule is Cc1cccnc1Oc1ccc(F)c(Br)c1. The fourth-order valence-electron chi connectivity index (χ4n) is 1.23. The molecule has 0 atom stereocenters. The average molecular weight is 282 g/mol. The Morgan fingerprint density at radius 2 is 2.12 bits per heavy atom. The van der Waals surface area contributed by atoms with Crippen LogP contribution in [0.1, 0.15) is 5.56 Å². The largest absolute Gasteiger partial charge is 0.439 e. The molecule has 0 saturated carbocycles. The molecule has 0 saturated heterocycles. The van der Waals surface area contributed by atoms with E-state index in [1.165, 1.54) is 6.07 Å². The van der Waals surface area contributed by atoms with Gasteiger partial charge in [0.2, 0.25) is 5.88 Å². The van der Waals surface area contributed by atoms with Crippen molar-refractivity contribution in [2.24, 2.45) is 0 Å². The van der Waals surface area contributed by atoms with Gasteiger partial charge in [0.15, 0.2) is 0 Å². The number of halogens is 2. The summed E-state index contributed by atoms with van der Waals surface area (Å²) in [4.78, 5) is 4.09. The topological polar surface area (TPSA) is 22.1 Å². The molecule has 2 aromatic rings. The van der Waals surface area contributed by atoms with E-state index in [9.17, 15) is 4.39 Å². The van der Waals surface area contributed by atoms with E-state index >= 15 is 0 Å². The van der Waals surface area contributed by atoms with Crippen molar-refractivity contribution in [2.45, 2.75) is 6.92 Å². The molecule has 2 rings (SSSR count). The Labute approximate surface area is 101 Å². The molecule has 2 nitrogen and oxygen atoms in total. The minimum absolute atomic E-state index is 0.315. The van der Waals surface area contributed by atoms with Crippen molar-refractivity contribution < 1.29 is 9.13 Å². The van der Waals surface area contributed by atoms with E-state index < -0.39 is 0 Å². The molecule has 0 aliphatic carbocycles. The molecule has 1 heterocycles. The van der Waals surface area contributed by atoms with Crippen LogP contribution in [0.25, 0.3) is 0 Å². The summed E-state index contributed by atoms with van der Waals surface area (Å²) in [6.07, 6.45) is 1.65. The van der Waals surface area contributed by atoms with E-state index in [4.69, 9.17) is 4.74 Å². The Hall–Kier alpha value is -1.42. The van der Waals surface area contributed by atoms with Crippen molar-refractivity contribution >= 4 is 15.9 Å². The van der Waals surface area contributed by atoms with Crippen LogP contribution in [0.3, 0.4) is 0 Å². The third-order valence-corrected chi connectivity index (χ3v) is 2.67. The standard InChI is InChI=1S/C12H9BrFNO/c1-8-3-2-6-15-12(8)16-9-4-5-11(14)10(13)7-9/h2-7H,1H3. The van der Waals surface area contributed by atoms with Crippen LogP contribution in [-0.2, 0) is 0 Å². The molecule has 82 valence electrons. The number of pyridine rings is 1. The minimum Gasteiger partial charge on any atom is -0.439 e. The van der Waals surface area contributed by atoms with Gasteiger partial charge in [0, 0.05) is 11.8 Å². The molecule has 16 heavy (non-hydrogen) atoms. The van der Waals surface area contributed by atoms with Crippen LogP contribution in [0.5, 0.6) is 11.6 Å². The molecule has 0 N–H and O–H groups in total. The van der Waals surface area contributed by atoms with E-state index in [2.05, 4.69) is 20.9 Å². The van der Waals surface area contributed by atoms with Crippen LogP contribution < -0.4 is 4.74 Å². The third kappa shape index (κ3) is 2.39. The summed E-state index contributed by atoms with van der Waals surface area (Å²) in [6, 6.07) is 8.22. The third-order valence-electron chi connectivity index (χ3n) is 2.07. The van der Waals surface area contributed by atoms with Crippen molar-refractivity contribution in [3.05, 3.63) is 52.4 Å². The van der Waals surface area contributed by atoms with Crippen LogP contribution in [0, 0.1) is 12.7 Å². The second-order valence-corrected chi connectivity index (χ2v) is 4.16. The van der Waals surface area contributed by atoms with Gasteiger partial charge in [0.25, 0.3) is 0 Å². The monoisotopic (exact) mass is 281 g/mol. The van der Waals surface area contributed by atoms with Crippen molar-refractivity contribution in [1.29, 1.82) is 0 Å². The average Bonchev–Trinajstić information content (AvgIpc) is 2.27. The summed E-state index contributed by atoms with van der Waals surface area (Å²) in [7, 11) is 0. The van der Waals surface area contributed by atoms with Gasteiger partial charge in [-0.05, 0) is 47.1 Å². The maximum atomic E-state index is 13.0. The van der Waals surface area contributed by atoms with Crippen LogP contribution in [0.15, 0.2) is 41.0 Å². The predicted octanol–water partition coefficient (Wildman–Crippen LogP) is 4.08. The lowest BCUT2D eigenvalue weighted by molar-refractivity contribution is 0.457. The van der Waals surface area contributed by atoms with Crippen molar-refractivity contribution in [1.82, 2.24) is 4.98 Å². The number of benzene rings is 1. The zero-order valence-electron chi connectivity index (χ0n) is 8.58. The number of hydrogen-bond acceptors (Lipinski definition) is 2. The Kier molecular flexibility index (Phi) is 3.19. The highest BCUT2D eigenvalue weighted by atomic mass is 79.9. The number of hydrogen-bond donors (Lipinski definition) is 0. The number of ether oxygens (including phenoxy) is 1. The molecule has 0 spiro atoms. The van der Waals surface area contributed by atoms with Gasteiger partial charge in [-0.15, -0.1) is 0 Å². The summed E-state index contributed by atoms with van der Waals surface area (Å²) in [5, 5.41) is 0. The molecule has 0 aliphatic heterocycles. The highest BCUT2D eigenvalue weighted by molar-refractivity contribution is 9.10. The van der Waals surface area contributed by atoms with E-state index in [1.54, 1.807) is 18.3 Å². The Morgan fingerprint density at radius 1 is 1.31 bits per heavy atom. The molecule has 0 radical (unpaired) electrons. The smallest absolute Gasteiger partial charge is 0.222 e. The number of aromatic nitrogens is 1. The normalized spacial score (nSPS) is 10.2. The van der Waals surface area contributed by atoms with Gasteiger partial charge in [0.1, 0.15) is 11.6 Å². The molecular formula is C12H9BrFNO. The Balaban J connectivity index is 2.28. The fraction of sp³-hybridized carbons (Fsp3) is 0.0833. The molecular weight excluding hydrogens is 273 g/mol. The lowest BCUT2D eigenvalue weighted by Crippen LogP contribution is -1.90. The summed E-state index contributed by atoms with van der Waals surface area (Å²) in [5.74, 6) is 0.765. The second-order valence-electron chi connectivity index (χ2n) is 3.30. The first-order chi connectivity index (χ1) is 7.66. The zero-order valence-corrected chi connectivity index (χ0v) is 10.2. The zero-order chi connectivity index (χ0) is 11.5. The van der Waals surface area contributed by atoms with Crippen molar-refractivity contribution in [2.75, 3.05) is 0 Å². The lowest BCUT2D eigenvalue weighted by atomic mass is 10.3. The molecule has 1 aromatic heterocycles. The van der Waals surface area contributed by atoms with Gasteiger partial charge in [-0.25, -0.2) is 9.37 Å². The molecule has 0 aliphatic rings. The van der Waals surface area contributed by atoms with Gasteiger partial charge in [0.05, 0.1) is 4.47 Å². The molecule has 0 bridgehead atoms. The molecule has 1 aromatic carbocycles. The van der Waals surface area contributed by atoms with E-state index in [0.29, 0.717) is 16.1 Å². The fourth-order valence-corrected chi connectivity index (χ4v) is 1.59. The van der Waals surface area contributed by atoms with Gasteiger partial charge in [-0.2, -0.15) is 0 Å². The number of aryl methyl sites for hydroxylation is 1. The molecule has 0 fully saturated rings. The maximum absolute atomic E-state index is 13.0. The van der Waals surface area contributed by atoms with Crippen LogP contribution in [-0.4, -0.2) is 4.98 Å². The highest BCUT2D eigenvalue weighted by Crippen LogP contribution is 2.26. The first-order valence-electron chi connectivity index (χ1n) is 4.71. The second kappa shape index (κ2) is 4.61. The molecule has 4 heteroatoms. The van der Waals surface area contributed by atoms with E-state index in [-0.39, 0.29) is 5.82 Å². The summed E-state index contributed by atoms with van der Waals surface area (Å²) < 4.78 is 18.9. The molecule has 0 amide bonds. The molecule has 0 unspecified atom stereocenters. The first kappa shape index (κ1) is 11.1. The predicted molar refractivity (Wildman–Crippen MR) is 63.1 cm³/mol.